The highest BCUT2D eigenvalue weighted by Crippen LogP contribution is 2.38. The van der Waals surface area contributed by atoms with Gasteiger partial charge in [0.25, 0.3) is 5.91 Å². The standard InChI is InChI=1S/C17H24N2O3/c20-16-11-13(10-15(19-16)12-6-7-12)17(21)18-8-9-22-14-4-2-1-3-5-14/h10-12,14H,1-9H2,(H,18,21)(H,19,20). The molecule has 0 radical (unpaired) electrons. The van der Waals surface area contributed by atoms with Gasteiger partial charge in [-0.25, -0.2) is 0 Å². The average Bonchev–Trinajstić information content (AvgIpc) is 3.36. The molecule has 2 aliphatic rings. The molecule has 5 heteroatoms. The third kappa shape index (κ3) is 4.19. The van der Waals surface area contributed by atoms with Crippen molar-refractivity contribution in [3.8, 4) is 0 Å². The minimum absolute atomic E-state index is 0.194. The zero-order valence-electron chi connectivity index (χ0n) is 12.9. The van der Waals surface area contributed by atoms with Crippen molar-refractivity contribution in [3.05, 3.63) is 33.7 Å². The van der Waals surface area contributed by atoms with Gasteiger partial charge in [-0.05, 0) is 37.7 Å². The second-order valence-corrected chi connectivity index (χ2v) is 6.35. The Bertz CT molecular complexity index is 572. The van der Waals surface area contributed by atoms with Crippen molar-refractivity contribution in [2.24, 2.45) is 0 Å². The molecule has 0 spiro atoms. The molecule has 1 amide bonds. The fourth-order valence-electron chi connectivity index (χ4n) is 3.03. The Morgan fingerprint density at radius 1 is 1.18 bits per heavy atom. The maximum Gasteiger partial charge on any atom is 0.251 e. The number of hydrogen-bond donors (Lipinski definition) is 2. The number of hydrogen-bond acceptors (Lipinski definition) is 3. The van der Waals surface area contributed by atoms with Crippen molar-refractivity contribution < 1.29 is 9.53 Å². The van der Waals surface area contributed by atoms with Gasteiger partial charge in [0.15, 0.2) is 0 Å². The Hall–Kier alpha value is -1.62. The van der Waals surface area contributed by atoms with Gasteiger partial charge in [0, 0.05) is 23.9 Å². The number of amides is 1. The molecule has 2 fully saturated rings. The van der Waals surface area contributed by atoms with E-state index in [1.165, 1.54) is 25.3 Å². The number of pyridine rings is 1. The summed E-state index contributed by atoms with van der Waals surface area (Å²) in [6, 6.07) is 3.17. The first-order valence-electron chi connectivity index (χ1n) is 8.36. The van der Waals surface area contributed by atoms with Crippen molar-refractivity contribution in [2.45, 2.75) is 57.0 Å². The van der Waals surface area contributed by atoms with E-state index in [2.05, 4.69) is 10.3 Å². The van der Waals surface area contributed by atoms with Crippen LogP contribution in [-0.4, -0.2) is 30.1 Å². The lowest BCUT2D eigenvalue weighted by Crippen LogP contribution is -2.30. The van der Waals surface area contributed by atoms with Crippen LogP contribution in [0, 0.1) is 0 Å². The normalized spacial score (nSPS) is 19.1. The molecular weight excluding hydrogens is 280 g/mol. The lowest BCUT2D eigenvalue weighted by atomic mass is 9.98. The van der Waals surface area contributed by atoms with E-state index in [9.17, 15) is 9.59 Å². The molecule has 3 rings (SSSR count). The first-order valence-corrected chi connectivity index (χ1v) is 8.36. The Morgan fingerprint density at radius 2 is 1.95 bits per heavy atom. The monoisotopic (exact) mass is 304 g/mol. The minimum Gasteiger partial charge on any atom is -0.376 e. The van der Waals surface area contributed by atoms with Crippen LogP contribution >= 0.6 is 0 Å². The van der Waals surface area contributed by atoms with E-state index in [1.807, 2.05) is 0 Å². The van der Waals surface area contributed by atoms with Crippen LogP contribution in [0.15, 0.2) is 16.9 Å². The summed E-state index contributed by atoms with van der Waals surface area (Å²) in [7, 11) is 0. The number of rotatable bonds is 6. The maximum absolute atomic E-state index is 12.1. The summed E-state index contributed by atoms with van der Waals surface area (Å²) in [4.78, 5) is 26.6. The number of aromatic nitrogens is 1. The summed E-state index contributed by atoms with van der Waals surface area (Å²) in [5.41, 5.74) is 1.13. The first kappa shape index (κ1) is 15.3. The summed E-state index contributed by atoms with van der Waals surface area (Å²) in [6.07, 6.45) is 8.60. The predicted molar refractivity (Wildman–Crippen MR) is 84.2 cm³/mol. The quantitative estimate of drug-likeness (QED) is 0.792. The number of carbonyl (C=O) groups is 1. The lowest BCUT2D eigenvalue weighted by Gasteiger charge is -2.22. The van der Waals surface area contributed by atoms with Crippen molar-refractivity contribution in [1.29, 1.82) is 0 Å². The lowest BCUT2D eigenvalue weighted by molar-refractivity contribution is 0.0299. The summed E-state index contributed by atoms with van der Waals surface area (Å²) in [5, 5.41) is 2.84. The Balaban J connectivity index is 1.46. The van der Waals surface area contributed by atoms with Crippen molar-refractivity contribution in [2.75, 3.05) is 13.2 Å². The predicted octanol–water partition coefficient (Wildman–Crippen LogP) is 2.33. The Morgan fingerprint density at radius 3 is 2.68 bits per heavy atom. The van der Waals surface area contributed by atoms with Gasteiger partial charge < -0.3 is 15.0 Å². The second kappa shape index (κ2) is 7.09. The maximum atomic E-state index is 12.1. The molecule has 0 aliphatic heterocycles. The number of H-pyrrole nitrogens is 1. The van der Waals surface area contributed by atoms with Crippen LogP contribution in [0.3, 0.4) is 0 Å². The fourth-order valence-corrected chi connectivity index (χ4v) is 3.03. The van der Waals surface area contributed by atoms with Gasteiger partial charge in [-0.2, -0.15) is 0 Å². The van der Waals surface area contributed by atoms with Gasteiger partial charge in [-0.15, -0.1) is 0 Å². The molecule has 0 atom stereocenters. The number of carbonyl (C=O) groups excluding carboxylic acids is 1. The van der Waals surface area contributed by atoms with Crippen LogP contribution in [0.4, 0.5) is 0 Å². The van der Waals surface area contributed by atoms with Crippen molar-refractivity contribution in [1.82, 2.24) is 10.3 Å². The molecule has 0 saturated heterocycles. The molecule has 0 aromatic carbocycles. The van der Waals surface area contributed by atoms with E-state index < -0.39 is 0 Å². The molecule has 1 aromatic heterocycles. The first-order chi connectivity index (χ1) is 10.7. The van der Waals surface area contributed by atoms with E-state index in [0.29, 0.717) is 30.7 Å². The van der Waals surface area contributed by atoms with Crippen LogP contribution in [0.25, 0.3) is 0 Å². The van der Waals surface area contributed by atoms with E-state index in [0.717, 1.165) is 31.4 Å². The molecule has 0 unspecified atom stereocenters. The molecular formula is C17H24N2O3. The Labute approximate surface area is 130 Å². The van der Waals surface area contributed by atoms with Crippen LogP contribution in [0.5, 0.6) is 0 Å². The number of ether oxygens (including phenoxy) is 1. The van der Waals surface area contributed by atoms with Gasteiger partial charge in [0.1, 0.15) is 0 Å². The highest BCUT2D eigenvalue weighted by Gasteiger charge is 2.25. The zero-order chi connectivity index (χ0) is 15.4. The highest BCUT2D eigenvalue weighted by molar-refractivity contribution is 5.94. The van der Waals surface area contributed by atoms with Crippen molar-refractivity contribution in [3.63, 3.8) is 0 Å². The van der Waals surface area contributed by atoms with Gasteiger partial charge in [0.05, 0.1) is 12.7 Å². The summed E-state index contributed by atoms with van der Waals surface area (Å²) in [5.74, 6) is 0.232. The Kier molecular flexibility index (Phi) is 4.93. The van der Waals surface area contributed by atoms with E-state index in [-0.39, 0.29) is 11.5 Å². The number of nitrogens with one attached hydrogen (secondary N) is 2. The molecule has 2 aliphatic carbocycles. The SMILES string of the molecule is O=C(NCCOC1CCCCC1)c1cc(C2CC2)[nH]c(=O)c1. The third-order valence-electron chi connectivity index (χ3n) is 4.44. The smallest absolute Gasteiger partial charge is 0.251 e. The molecule has 5 nitrogen and oxygen atoms in total. The molecule has 0 bridgehead atoms. The van der Waals surface area contributed by atoms with E-state index >= 15 is 0 Å². The summed E-state index contributed by atoms with van der Waals surface area (Å²) in [6.45, 7) is 1.02. The molecule has 2 saturated carbocycles. The molecule has 2 N–H and O–H groups in total. The van der Waals surface area contributed by atoms with Crippen LogP contribution in [-0.2, 0) is 4.74 Å². The molecule has 120 valence electrons. The molecule has 22 heavy (non-hydrogen) atoms. The largest absolute Gasteiger partial charge is 0.376 e. The van der Waals surface area contributed by atoms with E-state index in [4.69, 9.17) is 4.74 Å². The number of aromatic amines is 1. The van der Waals surface area contributed by atoms with Crippen LogP contribution in [0.2, 0.25) is 0 Å². The van der Waals surface area contributed by atoms with E-state index in [1.54, 1.807) is 6.07 Å². The van der Waals surface area contributed by atoms with Crippen LogP contribution < -0.4 is 10.9 Å². The molecule has 1 aromatic rings. The summed E-state index contributed by atoms with van der Waals surface area (Å²) < 4.78 is 5.78. The topological polar surface area (TPSA) is 71.2 Å². The van der Waals surface area contributed by atoms with Crippen molar-refractivity contribution >= 4 is 5.91 Å². The third-order valence-corrected chi connectivity index (χ3v) is 4.44. The van der Waals surface area contributed by atoms with Gasteiger partial charge >= 0.3 is 0 Å². The van der Waals surface area contributed by atoms with Crippen LogP contribution in [0.1, 0.15) is 66.9 Å². The average molecular weight is 304 g/mol. The molecule has 1 heterocycles. The zero-order valence-corrected chi connectivity index (χ0v) is 12.9. The van der Waals surface area contributed by atoms with Gasteiger partial charge in [-0.1, -0.05) is 19.3 Å². The fraction of sp³-hybridized carbons (Fsp3) is 0.647. The second-order valence-electron chi connectivity index (χ2n) is 6.35. The summed E-state index contributed by atoms with van der Waals surface area (Å²) >= 11 is 0. The van der Waals surface area contributed by atoms with Gasteiger partial charge in [-0.3, -0.25) is 9.59 Å². The highest BCUT2D eigenvalue weighted by atomic mass is 16.5. The minimum atomic E-state index is -0.201. The van der Waals surface area contributed by atoms with Gasteiger partial charge in [0.2, 0.25) is 5.56 Å².